The molecule has 4 rings (SSSR count). The van der Waals surface area contributed by atoms with Gasteiger partial charge in [0.2, 0.25) is 11.8 Å². The van der Waals surface area contributed by atoms with E-state index in [0.29, 0.717) is 31.5 Å². The fourth-order valence-electron chi connectivity index (χ4n) is 5.83. The number of methoxy groups -OCH3 is 1. The zero-order valence-corrected chi connectivity index (χ0v) is 25.1. The molecule has 2 aromatic carbocycles. The van der Waals surface area contributed by atoms with E-state index in [4.69, 9.17) is 15.2 Å². The average molecular weight is 659 g/mol. The third-order valence-electron chi connectivity index (χ3n) is 8.08. The van der Waals surface area contributed by atoms with Crippen LogP contribution in [-0.4, -0.2) is 84.7 Å². The van der Waals surface area contributed by atoms with Crippen molar-refractivity contribution >= 4 is 17.9 Å². The Balaban J connectivity index is 1.66. The third kappa shape index (κ3) is 8.29. The summed E-state index contributed by atoms with van der Waals surface area (Å²) in [6.07, 6.45) is -10.6. The number of alkyl halides is 6. The Bertz CT molecular complexity index is 1340. The van der Waals surface area contributed by atoms with Crippen LogP contribution < -0.4 is 5.73 Å². The second kappa shape index (κ2) is 14.7. The van der Waals surface area contributed by atoms with E-state index in [1.54, 1.807) is 30.3 Å². The lowest BCUT2D eigenvalue weighted by Gasteiger charge is -2.53. The number of hydrogen-bond acceptors (Lipinski definition) is 6. The van der Waals surface area contributed by atoms with Gasteiger partial charge in [0.1, 0.15) is 18.8 Å². The summed E-state index contributed by atoms with van der Waals surface area (Å²) in [6.45, 7) is -0.407. The van der Waals surface area contributed by atoms with Crippen LogP contribution in [0.4, 0.5) is 31.1 Å². The second-order valence-corrected chi connectivity index (χ2v) is 11.3. The number of amides is 3. The Hall–Kier alpha value is -3.85. The van der Waals surface area contributed by atoms with Crippen LogP contribution in [-0.2, 0) is 44.4 Å². The SMILES string of the molecule is COCCN1C[C@@H]2N(C(=O)OCc3cc(C(F)(F)F)cc(C(F)(F)F)c3)C[C@@H](Cc3ccccc3)C(=O)N2[C@@H](CCCCN)C1=O. The smallest absolute Gasteiger partial charge is 0.416 e. The van der Waals surface area contributed by atoms with Gasteiger partial charge in [0, 0.05) is 20.2 Å². The second-order valence-electron chi connectivity index (χ2n) is 11.3. The first-order valence-electron chi connectivity index (χ1n) is 14.8. The van der Waals surface area contributed by atoms with E-state index in [2.05, 4.69) is 0 Å². The number of hydrogen-bond donors (Lipinski definition) is 1. The number of benzene rings is 2. The van der Waals surface area contributed by atoms with Crippen LogP contribution in [0.25, 0.3) is 0 Å². The molecule has 2 aromatic rings. The normalized spacial score (nSPS) is 20.6. The van der Waals surface area contributed by atoms with Gasteiger partial charge < -0.3 is 25.0 Å². The minimum Gasteiger partial charge on any atom is -0.444 e. The van der Waals surface area contributed by atoms with Gasteiger partial charge in [-0.2, -0.15) is 26.3 Å². The van der Waals surface area contributed by atoms with E-state index in [9.17, 15) is 40.7 Å². The van der Waals surface area contributed by atoms with Crippen LogP contribution in [0.3, 0.4) is 0 Å². The lowest BCUT2D eigenvalue weighted by Crippen LogP contribution is -2.73. The molecule has 46 heavy (non-hydrogen) atoms. The molecular formula is C31H36F6N4O5. The van der Waals surface area contributed by atoms with Crippen LogP contribution in [0.5, 0.6) is 0 Å². The van der Waals surface area contributed by atoms with E-state index in [0.717, 1.165) is 5.56 Å². The molecule has 2 aliphatic heterocycles. The third-order valence-corrected chi connectivity index (χ3v) is 8.08. The minimum absolute atomic E-state index is 0.00786. The molecule has 9 nitrogen and oxygen atoms in total. The quantitative estimate of drug-likeness (QED) is 0.278. The highest BCUT2D eigenvalue weighted by Crippen LogP contribution is 2.37. The van der Waals surface area contributed by atoms with Crippen LogP contribution in [0.2, 0.25) is 0 Å². The minimum atomic E-state index is -5.07. The fraction of sp³-hybridized carbons (Fsp3) is 0.516. The maximum Gasteiger partial charge on any atom is 0.416 e. The zero-order chi connectivity index (χ0) is 33.6. The standard InChI is InChI=1S/C31H36F6N4O5/c1-45-12-11-39-18-26-40(29(44)46-19-21-14-23(30(32,33)34)16-24(15-21)31(35,36)37)17-22(13-20-7-3-2-4-8-20)27(42)41(26)25(28(39)43)9-5-6-10-38/h2-4,7-8,14-16,22,25-26H,5-6,9-13,17-19,38H2,1H3/t22-,25+,26-/m1/s1. The number of carbonyl (C=O) groups is 3. The zero-order valence-electron chi connectivity index (χ0n) is 25.1. The molecule has 2 heterocycles. The monoisotopic (exact) mass is 658 g/mol. The van der Waals surface area contributed by atoms with Crippen molar-refractivity contribution in [3.8, 4) is 0 Å². The Morgan fingerprint density at radius 3 is 2.15 bits per heavy atom. The first-order chi connectivity index (χ1) is 21.7. The lowest BCUT2D eigenvalue weighted by atomic mass is 9.91. The molecule has 0 spiro atoms. The summed E-state index contributed by atoms with van der Waals surface area (Å²) < 4.78 is 90.9. The van der Waals surface area contributed by atoms with Crippen molar-refractivity contribution in [2.24, 2.45) is 11.7 Å². The largest absolute Gasteiger partial charge is 0.444 e. The molecule has 3 amide bonds. The molecule has 3 atom stereocenters. The number of rotatable bonds is 11. The average Bonchev–Trinajstić information content (AvgIpc) is 3.01. The molecule has 0 radical (unpaired) electrons. The Kier molecular flexibility index (Phi) is 11.2. The van der Waals surface area contributed by atoms with Gasteiger partial charge >= 0.3 is 18.4 Å². The molecule has 0 unspecified atom stereocenters. The number of fused-ring (bicyclic) bond motifs is 1. The Morgan fingerprint density at radius 2 is 1.57 bits per heavy atom. The lowest BCUT2D eigenvalue weighted by molar-refractivity contribution is -0.173. The predicted octanol–water partition coefficient (Wildman–Crippen LogP) is 4.68. The molecule has 252 valence electrons. The molecule has 0 saturated carbocycles. The topological polar surface area (TPSA) is 105 Å². The summed E-state index contributed by atoms with van der Waals surface area (Å²) in [4.78, 5) is 45.4. The van der Waals surface area contributed by atoms with Gasteiger partial charge in [-0.3, -0.25) is 14.5 Å². The molecule has 0 aliphatic carbocycles. The van der Waals surface area contributed by atoms with Crippen molar-refractivity contribution in [3.05, 3.63) is 70.8 Å². The van der Waals surface area contributed by atoms with Crippen molar-refractivity contribution in [1.29, 1.82) is 0 Å². The highest BCUT2D eigenvalue weighted by atomic mass is 19.4. The van der Waals surface area contributed by atoms with Crippen LogP contribution in [0.15, 0.2) is 48.5 Å². The molecule has 2 fully saturated rings. The number of halogens is 6. The molecule has 2 N–H and O–H groups in total. The van der Waals surface area contributed by atoms with Crippen molar-refractivity contribution < 1.29 is 50.2 Å². The number of nitrogens with two attached hydrogens (primary N) is 1. The van der Waals surface area contributed by atoms with Crippen LogP contribution >= 0.6 is 0 Å². The number of ether oxygens (including phenoxy) is 2. The van der Waals surface area contributed by atoms with Gasteiger partial charge in [0.15, 0.2) is 0 Å². The Morgan fingerprint density at radius 1 is 0.913 bits per heavy atom. The fourth-order valence-corrected chi connectivity index (χ4v) is 5.83. The summed E-state index contributed by atoms with van der Waals surface area (Å²) in [6, 6.07) is 9.03. The maximum atomic E-state index is 14.0. The van der Waals surface area contributed by atoms with Gasteiger partial charge in [0.05, 0.1) is 30.2 Å². The van der Waals surface area contributed by atoms with Gasteiger partial charge in [-0.05, 0) is 61.6 Å². The van der Waals surface area contributed by atoms with E-state index in [1.807, 2.05) is 0 Å². The summed E-state index contributed by atoms with van der Waals surface area (Å²) in [5, 5.41) is 0. The van der Waals surface area contributed by atoms with Crippen molar-refractivity contribution in [2.45, 2.75) is 56.9 Å². The molecular weight excluding hydrogens is 622 g/mol. The number of carbonyl (C=O) groups excluding carboxylic acids is 3. The van der Waals surface area contributed by atoms with Gasteiger partial charge in [-0.25, -0.2) is 4.79 Å². The Labute approximate surface area is 262 Å². The van der Waals surface area contributed by atoms with Crippen molar-refractivity contribution in [1.82, 2.24) is 14.7 Å². The first-order valence-corrected chi connectivity index (χ1v) is 14.8. The number of unbranched alkanes of at least 4 members (excludes halogenated alkanes) is 1. The summed E-state index contributed by atoms with van der Waals surface area (Å²) in [5.41, 5.74) is 2.87. The highest BCUT2D eigenvalue weighted by molar-refractivity contribution is 5.91. The first kappa shape index (κ1) is 35.0. The van der Waals surface area contributed by atoms with E-state index >= 15 is 0 Å². The van der Waals surface area contributed by atoms with Gasteiger partial charge in [0.25, 0.3) is 0 Å². The molecule has 2 aliphatic rings. The van der Waals surface area contributed by atoms with E-state index < -0.39 is 59.9 Å². The molecule has 0 aromatic heterocycles. The summed E-state index contributed by atoms with van der Waals surface area (Å²) in [7, 11) is 1.46. The molecule has 15 heteroatoms. The van der Waals surface area contributed by atoms with Crippen LogP contribution in [0, 0.1) is 5.92 Å². The van der Waals surface area contributed by atoms with E-state index in [1.165, 1.54) is 21.8 Å². The highest BCUT2D eigenvalue weighted by Gasteiger charge is 2.51. The predicted molar refractivity (Wildman–Crippen MR) is 153 cm³/mol. The van der Waals surface area contributed by atoms with E-state index in [-0.39, 0.29) is 57.0 Å². The summed E-state index contributed by atoms with van der Waals surface area (Å²) in [5.74, 6) is -1.47. The number of piperazine rings is 1. The molecule has 0 bridgehead atoms. The van der Waals surface area contributed by atoms with Crippen LogP contribution in [0.1, 0.15) is 41.5 Å². The van der Waals surface area contributed by atoms with Gasteiger partial charge in [-0.1, -0.05) is 30.3 Å². The maximum absolute atomic E-state index is 14.0. The summed E-state index contributed by atoms with van der Waals surface area (Å²) >= 11 is 0. The molecule has 2 saturated heterocycles. The van der Waals surface area contributed by atoms with Gasteiger partial charge in [-0.15, -0.1) is 0 Å². The van der Waals surface area contributed by atoms with Crippen molar-refractivity contribution in [2.75, 3.05) is 39.9 Å². The number of nitrogens with zero attached hydrogens (tertiary/aromatic N) is 3. The van der Waals surface area contributed by atoms with Crippen molar-refractivity contribution in [3.63, 3.8) is 0 Å².